The normalized spacial score (nSPS) is 18.1. The molecule has 0 bridgehead atoms. The van der Waals surface area contributed by atoms with Gasteiger partial charge in [0.05, 0.1) is 6.61 Å². The first-order chi connectivity index (χ1) is 16.7. The summed E-state index contributed by atoms with van der Waals surface area (Å²) in [5.41, 5.74) is 3.03. The molecular weight excluding hydrogens is 444 g/mol. The average molecular weight is 487 g/mol. The van der Waals surface area contributed by atoms with Gasteiger partial charge in [0.25, 0.3) is 0 Å². The van der Waals surface area contributed by atoms with E-state index in [2.05, 4.69) is 16.7 Å². The molecule has 7 heteroatoms. The van der Waals surface area contributed by atoms with E-state index in [4.69, 9.17) is 9.47 Å². The number of carbonyl (C=O) groups is 3. The molecule has 0 unspecified atom stereocenters. The van der Waals surface area contributed by atoms with Gasteiger partial charge in [0.1, 0.15) is 17.7 Å². The maximum atomic E-state index is 13.6. The number of benzene rings is 1. The molecule has 2 amide bonds. The minimum absolute atomic E-state index is 0.00333. The van der Waals surface area contributed by atoms with Crippen molar-refractivity contribution >= 4 is 18.0 Å². The molecule has 1 fully saturated rings. The van der Waals surface area contributed by atoms with Gasteiger partial charge in [-0.15, -0.1) is 0 Å². The Balaban J connectivity index is 1.80. The highest BCUT2D eigenvalue weighted by atomic mass is 16.6. The number of nitrogens with one attached hydrogen (secondary N) is 2. The minimum Gasteiger partial charge on any atom is -0.464 e. The molecule has 0 spiro atoms. The Morgan fingerprint density at radius 3 is 2.40 bits per heavy atom. The van der Waals surface area contributed by atoms with Crippen LogP contribution in [0.2, 0.25) is 0 Å². The second-order valence-electron chi connectivity index (χ2n) is 10.8. The van der Waals surface area contributed by atoms with Gasteiger partial charge in [0, 0.05) is 6.42 Å². The number of amides is 2. The third-order valence-corrected chi connectivity index (χ3v) is 6.88. The van der Waals surface area contributed by atoms with E-state index in [9.17, 15) is 14.4 Å². The fourth-order valence-corrected chi connectivity index (χ4v) is 5.27. The zero-order valence-electron chi connectivity index (χ0n) is 21.8. The molecule has 2 atom stereocenters. The van der Waals surface area contributed by atoms with E-state index in [1.807, 2.05) is 12.1 Å². The maximum absolute atomic E-state index is 13.6. The molecule has 0 radical (unpaired) electrons. The molecule has 1 saturated carbocycles. The van der Waals surface area contributed by atoms with Crippen LogP contribution in [0.4, 0.5) is 4.79 Å². The first kappa shape index (κ1) is 27.0. The van der Waals surface area contributed by atoms with Gasteiger partial charge < -0.3 is 20.1 Å². The molecule has 2 N–H and O–H groups in total. The number of hydrogen-bond donors (Lipinski definition) is 2. The number of aryl methyl sites for hydroxylation is 1. The standard InChI is InChI=1S/C28H42N2O5/c1-5-34-26(32)23(18-21-16-11-15-19-12-9-10-17-22(19)21)29-25(31)24(20-13-7-6-8-14-20)30-27(33)35-28(2,3)4/h11,15-16,20,23-24H,5-10,12-14,17-18H2,1-4H3,(H,29,31)(H,30,33)/t23-,24-/m0/s1. The second-order valence-corrected chi connectivity index (χ2v) is 10.8. The fourth-order valence-electron chi connectivity index (χ4n) is 5.27. The van der Waals surface area contributed by atoms with Crippen LogP contribution in [0.1, 0.15) is 89.3 Å². The van der Waals surface area contributed by atoms with Crippen LogP contribution in [0.15, 0.2) is 18.2 Å². The van der Waals surface area contributed by atoms with Gasteiger partial charge in [-0.3, -0.25) is 4.79 Å². The van der Waals surface area contributed by atoms with Crippen molar-refractivity contribution in [3.05, 3.63) is 34.9 Å². The summed E-state index contributed by atoms with van der Waals surface area (Å²) in [6.07, 6.45) is 8.95. The van der Waals surface area contributed by atoms with Crippen LogP contribution < -0.4 is 10.6 Å². The number of esters is 1. The number of alkyl carbamates (subject to hydrolysis) is 1. The molecule has 0 saturated heterocycles. The summed E-state index contributed by atoms with van der Waals surface area (Å²) in [6, 6.07) is 4.65. The van der Waals surface area contributed by atoms with Crippen molar-refractivity contribution in [3.8, 4) is 0 Å². The molecule has 0 aromatic heterocycles. The number of ether oxygens (including phenoxy) is 2. The van der Waals surface area contributed by atoms with Crippen molar-refractivity contribution in [2.75, 3.05) is 6.61 Å². The summed E-state index contributed by atoms with van der Waals surface area (Å²) in [5, 5.41) is 5.75. The highest BCUT2D eigenvalue weighted by Gasteiger charge is 2.35. The van der Waals surface area contributed by atoms with Gasteiger partial charge in [0.15, 0.2) is 0 Å². The molecule has 0 heterocycles. The molecule has 35 heavy (non-hydrogen) atoms. The molecule has 1 aromatic rings. The lowest BCUT2D eigenvalue weighted by molar-refractivity contribution is -0.147. The first-order valence-electron chi connectivity index (χ1n) is 13.2. The lowest BCUT2D eigenvalue weighted by Crippen LogP contribution is -2.56. The van der Waals surface area contributed by atoms with Crippen LogP contribution in [0.25, 0.3) is 0 Å². The third-order valence-electron chi connectivity index (χ3n) is 6.88. The zero-order valence-corrected chi connectivity index (χ0v) is 21.8. The van der Waals surface area contributed by atoms with Gasteiger partial charge in [-0.2, -0.15) is 0 Å². The van der Waals surface area contributed by atoms with Crippen molar-refractivity contribution in [2.45, 2.75) is 110 Å². The Kier molecular flexibility index (Phi) is 9.58. The predicted octanol–water partition coefficient (Wildman–Crippen LogP) is 4.63. The van der Waals surface area contributed by atoms with Crippen molar-refractivity contribution < 1.29 is 23.9 Å². The van der Waals surface area contributed by atoms with Gasteiger partial charge >= 0.3 is 12.1 Å². The monoisotopic (exact) mass is 486 g/mol. The summed E-state index contributed by atoms with van der Waals surface area (Å²) in [5.74, 6) is -0.803. The molecule has 1 aromatic carbocycles. The lowest BCUT2D eigenvalue weighted by atomic mass is 9.83. The Hall–Kier alpha value is -2.57. The van der Waals surface area contributed by atoms with Crippen LogP contribution in [-0.4, -0.2) is 42.3 Å². The van der Waals surface area contributed by atoms with Crippen LogP contribution in [0.3, 0.4) is 0 Å². The molecular formula is C28H42N2O5. The highest BCUT2D eigenvalue weighted by molar-refractivity contribution is 5.90. The SMILES string of the molecule is CCOC(=O)[C@H](Cc1cccc2c1CCCC2)NC(=O)[C@@H](NC(=O)OC(C)(C)C)C1CCCCC1. The molecule has 0 aliphatic heterocycles. The number of carbonyl (C=O) groups excluding carboxylic acids is 3. The molecule has 3 rings (SSSR count). The summed E-state index contributed by atoms with van der Waals surface area (Å²) < 4.78 is 10.8. The molecule has 194 valence electrons. The van der Waals surface area contributed by atoms with Crippen molar-refractivity contribution in [1.82, 2.24) is 10.6 Å². The first-order valence-corrected chi connectivity index (χ1v) is 13.2. The Morgan fingerprint density at radius 1 is 1.00 bits per heavy atom. The lowest BCUT2D eigenvalue weighted by Gasteiger charge is -2.32. The van der Waals surface area contributed by atoms with E-state index >= 15 is 0 Å². The van der Waals surface area contributed by atoms with E-state index in [0.29, 0.717) is 6.42 Å². The van der Waals surface area contributed by atoms with Crippen LogP contribution in [0, 0.1) is 5.92 Å². The van der Waals surface area contributed by atoms with Gasteiger partial charge in [-0.1, -0.05) is 37.5 Å². The number of rotatable bonds is 8. The van der Waals surface area contributed by atoms with Gasteiger partial charge in [0.2, 0.25) is 5.91 Å². The average Bonchev–Trinajstić information content (AvgIpc) is 2.82. The van der Waals surface area contributed by atoms with Crippen molar-refractivity contribution in [2.24, 2.45) is 5.92 Å². The van der Waals surface area contributed by atoms with E-state index in [1.165, 1.54) is 17.5 Å². The fraction of sp³-hybridized carbons (Fsp3) is 0.679. The smallest absolute Gasteiger partial charge is 0.408 e. The summed E-state index contributed by atoms with van der Waals surface area (Å²) in [6.45, 7) is 7.37. The molecule has 2 aliphatic rings. The Bertz CT molecular complexity index is 886. The topological polar surface area (TPSA) is 93.7 Å². The van der Waals surface area contributed by atoms with E-state index < -0.39 is 29.7 Å². The van der Waals surface area contributed by atoms with E-state index in [0.717, 1.165) is 56.9 Å². The summed E-state index contributed by atoms with van der Waals surface area (Å²) >= 11 is 0. The van der Waals surface area contributed by atoms with Gasteiger partial charge in [-0.05, 0) is 88.8 Å². The Labute approximate surface area is 209 Å². The maximum Gasteiger partial charge on any atom is 0.408 e. The summed E-state index contributed by atoms with van der Waals surface area (Å²) in [7, 11) is 0. The summed E-state index contributed by atoms with van der Waals surface area (Å²) in [4.78, 5) is 39.0. The van der Waals surface area contributed by atoms with E-state index in [-0.39, 0.29) is 18.4 Å². The van der Waals surface area contributed by atoms with Crippen molar-refractivity contribution in [1.29, 1.82) is 0 Å². The second kappa shape index (κ2) is 12.4. The predicted molar refractivity (Wildman–Crippen MR) is 135 cm³/mol. The molecule has 2 aliphatic carbocycles. The number of fused-ring (bicyclic) bond motifs is 1. The zero-order chi connectivity index (χ0) is 25.4. The van der Waals surface area contributed by atoms with Gasteiger partial charge in [-0.25, -0.2) is 9.59 Å². The molecule has 7 nitrogen and oxygen atoms in total. The third kappa shape index (κ3) is 7.97. The largest absolute Gasteiger partial charge is 0.464 e. The quantitative estimate of drug-likeness (QED) is 0.523. The van der Waals surface area contributed by atoms with Crippen LogP contribution >= 0.6 is 0 Å². The van der Waals surface area contributed by atoms with E-state index in [1.54, 1.807) is 27.7 Å². The Morgan fingerprint density at radius 2 is 1.71 bits per heavy atom. The number of hydrogen-bond acceptors (Lipinski definition) is 5. The highest BCUT2D eigenvalue weighted by Crippen LogP contribution is 2.28. The van der Waals surface area contributed by atoms with Crippen LogP contribution in [0.5, 0.6) is 0 Å². The van der Waals surface area contributed by atoms with Crippen molar-refractivity contribution in [3.63, 3.8) is 0 Å². The minimum atomic E-state index is -0.817. The van der Waals surface area contributed by atoms with Crippen LogP contribution in [-0.2, 0) is 38.3 Å².